The third-order valence-electron chi connectivity index (χ3n) is 3.63. The van der Waals surface area contributed by atoms with Crippen LogP contribution in [0, 0.1) is 0 Å². The van der Waals surface area contributed by atoms with Gasteiger partial charge in [-0.25, -0.2) is 4.79 Å². The SMILES string of the molecule is CNC(=O)NCCc1ccccc1-c1ccc(COS(C)(=O)=O)cc1. The minimum Gasteiger partial charge on any atom is -0.341 e. The van der Waals surface area contributed by atoms with Crippen LogP contribution in [0.15, 0.2) is 48.5 Å². The fourth-order valence-corrected chi connectivity index (χ4v) is 2.72. The Morgan fingerprint density at radius 1 is 1.08 bits per heavy atom. The van der Waals surface area contributed by atoms with Crippen LogP contribution >= 0.6 is 0 Å². The summed E-state index contributed by atoms with van der Waals surface area (Å²) in [5.41, 5.74) is 4.02. The highest BCUT2D eigenvalue weighted by atomic mass is 32.2. The van der Waals surface area contributed by atoms with Crippen molar-refractivity contribution < 1.29 is 17.4 Å². The van der Waals surface area contributed by atoms with E-state index in [4.69, 9.17) is 4.18 Å². The molecular formula is C18H22N2O4S. The Hall–Kier alpha value is -2.38. The highest BCUT2D eigenvalue weighted by Crippen LogP contribution is 2.24. The van der Waals surface area contributed by atoms with E-state index < -0.39 is 10.1 Å². The first kappa shape index (κ1) is 19.0. The normalized spacial score (nSPS) is 11.1. The molecule has 0 radical (unpaired) electrons. The van der Waals surface area contributed by atoms with Crippen LogP contribution in [0.5, 0.6) is 0 Å². The van der Waals surface area contributed by atoms with Crippen LogP contribution < -0.4 is 10.6 Å². The van der Waals surface area contributed by atoms with Crippen molar-refractivity contribution in [3.05, 3.63) is 59.7 Å². The van der Waals surface area contributed by atoms with Crippen LogP contribution in [-0.4, -0.2) is 34.3 Å². The van der Waals surface area contributed by atoms with Crippen molar-refractivity contribution in [2.75, 3.05) is 19.8 Å². The summed E-state index contributed by atoms with van der Waals surface area (Å²) in [5, 5.41) is 5.30. The van der Waals surface area contributed by atoms with Gasteiger partial charge in [-0.3, -0.25) is 4.18 Å². The van der Waals surface area contributed by atoms with E-state index in [2.05, 4.69) is 10.6 Å². The van der Waals surface area contributed by atoms with Crippen LogP contribution in [0.3, 0.4) is 0 Å². The second-order valence-electron chi connectivity index (χ2n) is 5.58. The van der Waals surface area contributed by atoms with Crippen LogP contribution in [0.2, 0.25) is 0 Å². The van der Waals surface area contributed by atoms with E-state index in [1.807, 2.05) is 48.5 Å². The van der Waals surface area contributed by atoms with Gasteiger partial charge in [0.25, 0.3) is 10.1 Å². The molecule has 7 heteroatoms. The van der Waals surface area contributed by atoms with Crippen LogP contribution in [0.1, 0.15) is 11.1 Å². The van der Waals surface area contributed by atoms with Crippen LogP contribution in [-0.2, 0) is 27.3 Å². The molecule has 2 rings (SSSR count). The predicted octanol–water partition coefficient (Wildman–Crippen LogP) is 2.30. The second-order valence-corrected chi connectivity index (χ2v) is 7.22. The second kappa shape index (κ2) is 8.64. The van der Waals surface area contributed by atoms with Gasteiger partial charge in [-0.2, -0.15) is 8.42 Å². The number of urea groups is 1. The van der Waals surface area contributed by atoms with Gasteiger partial charge in [-0.05, 0) is 28.7 Å². The summed E-state index contributed by atoms with van der Waals surface area (Å²) < 4.78 is 26.9. The average molecular weight is 362 g/mol. The lowest BCUT2D eigenvalue weighted by Crippen LogP contribution is -2.34. The number of carbonyl (C=O) groups is 1. The number of hydrogen-bond acceptors (Lipinski definition) is 4. The summed E-state index contributed by atoms with van der Waals surface area (Å²) in [7, 11) is -1.87. The third kappa shape index (κ3) is 6.21. The van der Waals surface area contributed by atoms with Gasteiger partial charge in [0, 0.05) is 13.6 Å². The van der Waals surface area contributed by atoms with Crippen LogP contribution in [0.25, 0.3) is 11.1 Å². The number of rotatable bonds is 7. The number of amides is 2. The highest BCUT2D eigenvalue weighted by molar-refractivity contribution is 7.85. The predicted molar refractivity (Wildman–Crippen MR) is 97.7 cm³/mol. The molecule has 0 saturated carbocycles. The summed E-state index contributed by atoms with van der Waals surface area (Å²) in [6.07, 6.45) is 1.74. The first-order valence-electron chi connectivity index (χ1n) is 7.86. The maximum atomic E-state index is 11.2. The van der Waals surface area contributed by atoms with E-state index in [1.54, 1.807) is 7.05 Å². The first-order valence-corrected chi connectivity index (χ1v) is 9.68. The lowest BCUT2D eigenvalue weighted by molar-refractivity contribution is 0.243. The summed E-state index contributed by atoms with van der Waals surface area (Å²) in [4.78, 5) is 11.2. The molecule has 0 aliphatic heterocycles. The highest BCUT2D eigenvalue weighted by Gasteiger charge is 2.07. The van der Waals surface area contributed by atoms with Crippen LogP contribution in [0.4, 0.5) is 4.79 Å². The van der Waals surface area contributed by atoms with Gasteiger partial charge < -0.3 is 10.6 Å². The summed E-state index contributed by atoms with van der Waals surface area (Å²) in [6.45, 7) is 0.563. The maximum absolute atomic E-state index is 11.2. The van der Waals surface area contributed by atoms with Gasteiger partial charge in [-0.15, -0.1) is 0 Å². The van der Waals surface area contributed by atoms with E-state index >= 15 is 0 Å². The molecule has 0 bridgehead atoms. The molecule has 134 valence electrons. The molecule has 2 amide bonds. The fourth-order valence-electron chi connectivity index (χ4n) is 2.37. The molecule has 0 aliphatic carbocycles. The number of benzene rings is 2. The van der Waals surface area contributed by atoms with Crippen molar-refractivity contribution in [3.8, 4) is 11.1 Å². The average Bonchev–Trinajstić information content (AvgIpc) is 2.60. The number of nitrogens with one attached hydrogen (secondary N) is 2. The molecule has 0 spiro atoms. The molecule has 2 aromatic carbocycles. The van der Waals surface area contributed by atoms with Crippen molar-refractivity contribution in [1.82, 2.24) is 10.6 Å². The Labute approximate surface area is 148 Å². The third-order valence-corrected chi connectivity index (χ3v) is 4.17. The molecule has 2 N–H and O–H groups in total. The summed E-state index contributed by atoms with van der Waals surface area (Å²) in [6, 6.07) is 15.4. The van der Waals surface area contributed by atoms with Gasteiger partial charge >= 0.3 is 6.03 Å². The van der Waals surface area contributed by atoms with Crippen molar-refractivity contribution >= 4 is 16.1 Å². The zero-order valence-corrected chi connectivity index (χ0v) is 15.1. The van der Waals surface area contributed by atoms with Crippen molar-refractivity contribution in [2.24, 2.45) is 0 Å². The minimum atomic E-state index is -3.45. The van der Waals surface area contributed by atoms with Gasteiger partial charge in [0.1, 0.15) is 0 Å². The Morgan fingerprint density at radius 2 is 1.76 bits per heavy atom. The van der Waals surface area contributed by atoms with E-state index in [9.17, 15) is 13.2 Å². The maximum Gasteiger partial charge on any atom is 0.314 e. The fraction of sp³-hybridized carbons (Fsp3) is 0.278. The van der Waals surface area contributed by atoms with E-state index in [0.717, 1.165) is 28.5 Å². The van der Waals surface area contributed by atoms with Crippen molar-refractivity contribution in [1.29, 1.82) is 0 Å². The van der Waals surface area contributed by atoms with Crippen molar-refractivity contribution in [3.63, 3.8) is 0 Å². The van der Waals surface area contributed by atoms with Gasteiger partial charge in [0.05, 0.1) is 12.9 Å². The zero-order valence-electron chi connectivity index (χ0n) is 14.3. The van der Waals surface area contributed by atoms with Gasteiger partial charge in [-0.1, -0.05) is 48.5 Å². The summed E-state index contributed by atoms with van der Waals surface area (Å²) in [5.74, 6) is 0. The molecular weight excluding hydrogens is 340 g/mol. The largest absolute Gasteiger partial charge is 0.341 e. The molecule has 0 aromatic heterocycles. The molecule has 0 fully saturated rings. The van der Waals surface area contributed by atoms with E-state index in [0.29, 0.717) is 13.0 Å². The molecule has 25 heavy (non-hydrogen) atoms. The molecule has 0 heterocycles. The Bertz CT molecular complexity index is 817. The molecule has 0 saturated heterocycles. The topological polar surface area (TPSA) is 84.5 Å². The first-order chi connectivity index (χ1) is 11.9. The lowest BCUT2D eigenvalue weighted by atomic mass is 9.97. The number of carbonyl (C=O) groups excluding carboxylic acids is 1. The van der Waals surface area contributed by atoms with Gasteiger partial charge in [0.15, 0.2) is 0 Å². The molecule has 6 nitrogen and oxygen atoms in total. The summed E-state index contributed by atoms with van der Waals surface area (Å²) >= 11 is 0. The molecule has 0 unspecified atom stereocenters. The quantitative estimate of drug-likeness (QED) is 0.740. The van der Waals surface area contributed by atoms with Gasteiger partial charge in [0.2, 0.25) is 0 Å². The lowest BCUT2D eigenvalue weighted by Gasteiger charge is -2.11. The van der Waals surface area contributed by atoms with E-state index in [-0.39, 0.29) is 12.6 Å². The Morgan fingerprint density at radius 3 is 2.40 bits per heavy atom. The minimum absolute atomic E-state index is 0.0246. The standard InChI is InChI=1S/C18H22N2O4S/c1-19-18(21)20-12-11-15-5-3-4-6-17(15)16-9-7-14(8-10-16)13-24-25(2,22)23/h3-10H,11-13H2,1-2H3,(H2,19,20,21). The van der Waals surface area contributed by atoms with Crippen molar-refractivity contribution in [2.45, 2.75) is 13.0 Å². The Kier molecular flexibility index (Phi) is 6.55. The smallest absolute Gasteiger partial charge is 0.314 e. The molecule has 0 atom stereocenters. The van der Waals surface area contributed by atoms with E-state index in [1.165, 1.54) is 0 Å². The molecule has 2 aromatic rings. The zero-order chi connectivity index (χ0) is 18.3. The molecule has 0 aliphatic rings. The monoisotopic (exact) mass is 362 g/mol. The number of hydrogen-bond donors (Lipinski definition) is 2. The Balaban J connectivity index is 2.09.